The summed E-state index contributed by atoms with van der Waals surface area (Å²) >= 11 is 0. The van der Waals surface area contributed by atoms with Gasteiger partial charge in [0.2, 0.25) is 0 Å². The maximum Gasteiger partial charge on any atom is 0.128 e. The summed E-state index contributed by atoms with van der Waals surface area (Å²) in [6.07, 6.45) is 0.661. The molecule has 3 N–H and O–H groups in total. The molecule has 0 saturated carbocycles. The lowest BCUT2D eigenvalue weighted by Gasteiger charge is -2.23. The third-order valence-corrected chi connectivity index (χ3v) is 3.44. The first kappa shape index (κ1) is 13.3. The number of aliphatic hydroxyl groups is 1. The van der Waals surface area contributed by atoms with Crippen molar-refractivity contribution < 1.29 is 14.2 Å². The molecule has 100 valence electrons. The zero-order chi connectivity index (χ0) is 13.1. The van der Waals surface area contributed by atoms with Crippen molar-refractivity contribution in [1.29, 1.82) is 0 Å². The van der Waals surface area contributed by atoms with Crippen molar-refractivity contribution in [3.63, 3.8) is 0 Å². The molecule has 0 spiro atoms. The first-order valence-corrected chi connectivity index (χ1v) is 6.13. The number of aliphatic hydroxyl groups excluding tert-OH is 1. The van der Waals surface area contributed by atoms with Crippen LogP contribution in [0.2, 0.25) is 0 Å². The summed E-state index contributed by atoms with van der Waals surface area (Å²) in [6, 6.07) is 2.95. The van der Waals surface area contributed by atoms with Crippen LogP contribution in [0.4, 0.5) is 4.39 Å². The molecule has 0 fully saturated rings. The van der Waals surface area contributed by atoms with Crippen LogP contribution in [0.15, 0.2) is 12.1 Å². The number of ether oxygens (including phenoxy) is 1. The number of benzene rings is 1. The summed E-state index contributed by atoms with van der Waals surface area (Å²) in [4.78, 5) is 2.09. The fourth-order valence-electron chi connectivity index (χ4n) is 2.60. The third-order valence-electron chi connectivity index (χ3n) is 3.44. The minimum absolute atomic E-state index is 0.123. The van der Waals surface area contributed by atoms with Gasteiger partial charge in [0.1, 0.15) is 11.6 Å². The number of fused-ring (bicyclic) bond motifs is 1. The Morgan fingerprint density at radius 2 is 2.33 bits per heavy atom. The number of nitrogens with zero attached hydrogens (tertiary/aromatic N) is 1. The zero-order valence-corrected chi connectivity index (χ0v) is 10.5. The van der Waals surface area contributed by atoms with Gasteiger partial charge >= 0.3 is 0 Å². The van der Waals surface area contributed by atoms with E-state index in [1.807, 2.05) is 0 Å². The lowest BCUT2D eigenvalue weighted by Crippen LogP contribution is -2.29. The highest BCUT2D eigenvalue weighted by atomic mass is 19.1. The van der Waals surface area contributed by atoms with E-state index >= 15 is 0 Å². The summed E-state index contributed by atoms with van der Waals surface area (Å²) in [6.45, 7) is 1.82. The highest BCUT2D eigenvalue weighted by Crippen LogP contribution is 2.39. The number of rotatable bonds is 5. The van der Waals surface area contributed by atoms with Gasteiger partial charge in [-0.05, 0) is 18.6 Å². The smallest absolute Gasteiger partial charge is 0.128 e. The topological polar surface area (TPSA) is 58.7 Å². The van der Waals surface area contributed by atoms with Gasteiger partial charge in [0.05, 0.1) is 13.2 Å². The largest absolute Gasteiger partial charge is 0.496 e. The Balaban J connectivity index is 2.34. The van der Waals surface area contributed by atoms with E-state index in [2.05, 4.69) is 4.90 Å². The quantitative estimate of drug-likeness (QED) is 0.824. The maximum atomic E-state index is 14.0. The average molecular weight is 254 g/mol. The van der Waals surface area contributed by atoms with Gasteiger partial charge in [-0.3, -0.25) is 4.90 Å². The van der Waals surface area contributed by atoms with Crippen molar-refractivity contribution in [3.8, 4) is 5.75 Å². The van der Waals surface area contributed by atoms with Crippen molar-refractivity contribution in [2.24, 2.45) is 5.73 Å². The second-order valence-electron chi connectivity index (χ2n) is 4.44. The summed E-state index contributed by atoms with van der Waals surface area (Å²) in [5.74, 6) is 0.476. The number of hydrogen-bond acceptors (Lipinski definition) is 4. The zero-order valence-electron chi connectivity index (χ0n) is 10.5. The molecule has 0 aromatic heterocycles. The molecular weight excluding hydrogens is 235 g/mol. The SMILES string of the molecule is COc1ccc(F)c2c1CN(CCCO)C2CN. The van der Waals surface area contributed by atoms with Crippen LogP contribution in [-0.2, 0) is 6.54 Å². The molecule has 0 amide bonds. The van der Waals surface area contributed by atoms with Crippen LogP contribution in [0.3, 0.4) is 0 Å². The number of methoxy groups -OCH3 is 1. The molecule has 0 saturated heterocycles. The van der Waals surface area contributed by atoms with Crippen LogP contribution in [0.1, 0.15) is 23.6 Å². The van der Waals surface area contributed by atoms with Gasteiger partial charge in [0.15, 0.2) is 0 Å². The second kappa shape index (κ2) is 5.65. The van der Waals surface area contributed by atoms with Gasteiger partial charge in [-0.15, -0.1) is 0 Å². The molecule has 1 atom stereocenters. The van der Waals surface area contributed by atoms with Crippen molar-refractivity contribution in [1.82, 2.24) is 4.90 Å². The molecule has 0 bridgehead atoms. The van der Waals surface area contributed by atoms with Gasteiger partial charge in [-0.25, -0.2) is 4.39 Å². The van der Waals surface area contributed by atoms with Crippen molar-refractivity contribution in [3.05, 3.63) is 29.1 Å². The van der Waals surface area contributed by atoms with Crippen LogP contribution in [-0.4, -0.2) is 36.8 Å². The lowest BCUT2D eigenvalue weighted by molar-refractivity contribution is 0.188. The molecule has 1 aliphatic heterocycles. The van der Waals surface area contributed by atoms with Crippen molar-refractivity contribution in [2.75, 3.05) is 26.8 Å². The Morgan fingerprint density at radius 3 is 2.94 bits per heavy atom. The molecule has 5 heteroatoms. The van der Waals surface area contributed by atoms with Crippen LogP contribution >= 0.6 is 0 Å². The third kappa shape index (κ3) is 2.21. The fourth-order valence-corrected chi connectivity index (χ4v) is 2.60. The van der Waals surface area contributed by atoms with Crippen LogP contribution < -0.4 is 10.5 Å². The lowest BCUT2D eigenvalue weighted by atomic mass is 10.0. The predicted octanol–water partition coefficient (Wildman–Crippen LogP) is 1.03. The van der Waals surface area contributed by atoms with E-state index in [0.29, 0.717) is 37.4 Å². The second-order valence-corrected chi connectivity index (χ2v) is 4.44. The Morgan fingerprint density at radius 1 is 1.56 bits per heavy atom. The molecule has 4 nitrogen and oxygen atoms in total. The average Bonchev–Trinajstić information content (AvgIpc) is 2.76. The Hall–Kier alpha value is -1.17. The number of nitrogens with two attached hydrogens (primary N) is 1. The van der Waals surface area contributed by atoms with Crippen LogP contribution in [0, 0.1) is 5.82 Å². The summed E-state index contributed by atoms with van der Waals surface area (Å²) in [7, 11) is 1.58. The monoisotopic (exact) mass is 254 g/mol. The van der Waals surface area contributed by atoms with Crippen molar-refractivity contribution in [2.45, 2.75) is 19.0 Å². The van der Waals surface area contributed by atoms with E-state index < -0.39 is 0 Å². The van der Waals surface area contributed by atoms with E-state index in [4.69, 9.17) is 15.6 Å². The van der Waals surface area contributed by atoms with Gasteiger partial charge in [-0.1, -0.05) is 0 Å². The van der Waals surface area contributed by atoms with Crippen LogP contribution in [0.5, 0.6) is 5.75 Å². The van der Waals surface area contributed by atoms with Gasteiger partial charge < -0.3 is 15.6 Å². The highest BCUT2D eigenvalue weighted by molar-refractivity contribution is 5.45. The highest BCUT2D eigenvalue weighted by Gasteiger charge is 2.33. The van der Waals surface area contributed by atoms with E-state index in [1.54, 1.807) is 13.2 Å². The minimum atomic E-state index is -0.229. The fraction of sp³-hybridized carbons (Fsp3) is 0.538. The van der Waals surface area contributed by atoms with E-state index in [1.165, 1.54) is 6.07 Å². The first-order valence-electron chi connectivity index (χ1n) is 6.13. The molecular formula is C13H19FN2O2. The number of halogens is 1. The molecule has 1 aromatic carbocycles. The molecule has 1 unspecified atom stereocenters. The molecule has 1 aromatic rings. The van der Waals surface area contributed by atoms with Gasteiger partial charge in [0, 0.05) is 37.4 Å². The molecule has 0 radical (unpaired) electrons. The standard InChI is InChI=1S/C13H19FN2O2/c1-18-12-4-3-10(14)13-9(12)8-16(5-2-6-17)11(13)7-15/h3-4,11,17H,2,5-8,15H2,1H3. The predicted molar refractivity (Wildman–Crippen MR) is 66.9 cm³/mol. The molecule has 18 heavy (non-hydrogen) atoms. The van der Waals surface area contributed by atoms with E-state index in [9.17, 15) is 4.39 Å². The normalized spacial score (nSPS) is 19.0. The Kier molecular flexibility index (Phi) is 4.16. The number of hydrogen-bond donors (Lipinski definition) is 2. The Labute approximate surface area is 106 Å². The molecule has 1 heterocycles. The maximum absolute atomic E-state index is 14.0. The first-order chi connectivity index (χ1) is 8.72. The summed E-state index contributed by atoms with van der Waals surface area (Å²) < 4.78 is 19.2. The molecule has 1 aliphatic rings. The minimum Gasteiger partial charge on any atom is -0.496 e. The van der Waals surface area contributed by atoms with Crippen molar-refractivity contribution >= 4 is 0 Å². The summed E-state index contributed by atoms with van der Waals surface area (Å²) in [5, 5.41) is 8.90. The van der Waals surface area contributed by atoms with Gasteiger partial charge in [0.25, 0.3) is 0 Å². The van der Waals surface area contributed by atoms with Gasteiger partial charge in [-0.2, -0.15) is 0 Å². The van der Waals surface area contributed by atoms with Crippen LogP contribution in [0.25, 0.3) is 0 Å². The van der Waals surface area contributed by atoms with E-state index in [0.717, 1.165) is 5.56 Å². The molecule has 2 rings (SSSR count). The summed E-state index contributed by atoms with van der Waals surface area (Å²) in [5.41, 5.74) is 7.29. The molecule has 0 aliphatic carbocycles. The Bertz CT molecular complexity index is 426. The van der Waals surface area contributed by atoms with E-state index in [-0.39, 0.29) is 18.5 Å².